The van der Waals surface area contributed by atoms with E-state index in [0.29, 0.717) is 22.5 Å². The fraction of sp³-hybridized carbons (Fsp3) is 0.250. The van der Waals surface area contributed by atoms with Crippen LogP contribution in [0.2, 0.25) is 5.02 Å². The van der Waals surface area contributed by atoms with Crippen LogP contribution in [-0.2, 0) is 6.54 Å². The molecule has 1 aliphatic rings. The Morgan fingerprint density at radius 1 is 1.15 bits per heavy atom. The van der Waals surface area contributed by atoms with Crippen molar-refractivity contribution >= 4 is 23.4 Å². The van der Waals surface area contributed by atoms with E-state index in [-0.39, 0.29) is 5.82 Å². The number of hydrogen-bond donors (Lipinski definition) is 1. The molecule has 1 fully saturated rings. The Hall–Kier alpha value is -1.03. The topological polar surface area (TPSA) is 12.0 Å². The average molecular weight is 308 g/mol. The molecule has 0 radical (unpaired) electrons. The zero-order valence-electron chi connectivity index (χ0n) is 10.9. The van der Waals surface area contributed by atoms with E-state index in [1.807, 2.05) is 30.3 Å². The second-order valence-electron chi connectivity index (χ2n) is 4.92. The molecule has 3 rings (SSSR count). The van der Waals surface area contributed by atoms with E-state index in [1.54, 1.807) is 6.07 Å². The minimum absolute atomic E-state index is 0.190. The SMILES string of the molecule is Fc1cccc(CNC2CC2)c1Sc1ccccc1Cl. The predicted octanol–water partition coefficient (Wildman–Crippen LogP) is 4.88. The molecule has 1 N–H and O–H groups in total. The maximum Gasteiger partial charge on any atom is 0.137 e. The lowest BCUT2D eigenvalue weighted by Crippen LogP contribution is -2.16. The van der Waals surface area contributed by atoms with E-state index in [4.69, 9.17) is 11.6 Å². The third kappa shape index (κ3) is 3.35. The summed E-state index contributed by atoms with van der Waals surface area (Å²) in [5.41, 5.74) is 0.988. The van der Waals surface area contributed by atoms with Gasteiger partial charge in [-0.2, -0.15) is 0 Å². The molecule has 0 saturated heterocycles. The van der Waals surface area contributed by atoms with Crippen molar-refractivity contribution in [3.05, 3.63) is 58.9 Å². The monoisotopic (exact) mass is 307 g/mol. The van der Waals surface area contributed by atoms with Crippen LogP contribution in [0.5, 0.6) is 0 Å². The lowest BCUT2D eigenvalue weighted by molar-refractivity contribution is 0.589. The number of hydrogen-bond acceptors (Lipinski definition) is 2. The highest BCUT2D eigenvalue weighted by Gasteiger charge is 2.21. The Morgan fingerprint density at radius 3 is 2.70 bits per heavy atom. The normalized spacial score (nSPS) is 14.5. The average Bonchev–Trinajstić information content (AvgIpc) is 3.26. The van der Waals surface area contributed by atoms with Gasteiger partial charge in [0.05, 0.1) is 9.92 Å². The molecule has 1 saturated carbocycles. The summed E-state index contributed by atoms with van der Waals surface area (Å²) >= 11 is 7.55. The molecular weight excluding hydrogens is 293 g/mol. The lowest BCUT2D eigenvalue weighted by Gasteiger charge is -2.11. The van der Waals surface area contributed by atoms with Gasteiger partial charge in [0.25, 0.3) is 0 Å². The summed E-state index contributed by atoms with van der Waals surface area (Å²) in [6.45, 7) is 0.704. The number of nitrogens with one attached hydrogen (secondary N) is 1. The van der Waals surface area contributed by atoms with Gasteiger partial charge in [-0.25, -0.2) is 4.39 Å². The van der Waals surface area contributed by atoms with Crippen molar-refractivity contribution in [2.24, 2.45) is 0 Å². The fourth-order valence-corrected chi connectivity index (χ4v) is 3.21. The minimum atomic E-state index is -0.190. The second kappa shape index (κ2) is 6.17. The molecular formula is C16H15ClFNS. The van der Waals surface area contributed by atoms with Gasteiger partial charge in [0.2, 0.25) is 0 Å². The Morgan fingerprint density at radius 2 is 1.95 bits per heavy atom. The van der Waals surface area contributed by atoms with Crippen LogP contribution in [0.3, 0.4) is 0 Å². The van der Waals surface area contributed by atoms with Gasteiger partial charge >= 0.3 is 0 Å². The van der Waals surface area contributed by atoms with Crippen molar-refractivity contribution in [1.29, 1.82) is 0 Å². The molecule has 0 bridgehead atoms. The summed E-state index contributed by atoms with van der Waals surface area (Å²) in [6, 6.07) is 13.4. The molecule has 20 heavy (non-hydrogen) atoms. The van der Waals surface area contributed by atoms with Gasteiger partial charge < -0.3 is 5.32 Å². The Balaban J connectivity index is 1.85. The summed E-state index contributed by atoms with van der Waals surface area (Å²) in [5, 5.41) is 4.08. The van der Waals surface area contributed by atoms with Gasteiger partial charge in [-0.1, -0.05) is 47.6 Å². The predicted molar refractivity (Wildman–Crippen MR) is 81.8 cm³/mol. The van der Waals surface area contributed by atoms with E-state index >= 15 is 0 Å². The maximum absolute atomic E-state index is 14.1. The summed E-state index contributed by atoms with van der Waals surface area (Å²) in [6.07, 6.45) is 2.45. The molecule has 0 spiro atoms. The zero-order chi connectivity index (χ0) is 13.9. The van der Waals surface area contributed by atoms with Gasteiger partial charge in [-0.05, 0) is 36.6 Å². The smallest absolute Gasteiger partial charge is 0.137 e. The Bertz CT molecular complexity index is 613. The molecule has 4 heteroatoms. The highest BCUT2D eigenvalue weighted by Crippen LogP contribution is 2.36. The first-order chi connectivity index (χ1) is 9.74. The molecule has 2 aromatic rings. The zero-order valence-corrected chi connectivity index (χ0v) is 12.5. The van der Waals surface area contributed by atoms with Crippen LogP contribution in [0.25, 0.3) is 0 Å². The third-order valence-electron chi connectivity index (χ3n) is 3.26. The van der Waals surface area contributed by atoms with Gasteiger partial charge in [0, 0.05) is 17.5 Å². The molecule has 0 aliphatic heterocycles. The first-order valence-corrected chi connectivity index (χ1v) is 7.86. The standard InChI is InChI=1S/C16H15ClFNS/c17-13-5-1-2-7-15(13)20-16-11(4-3-6-14(16)18)10-19-12-8-9-12/h1-7,12,19H,8-10H2. The quantitative estimate of drug-likeness (QED) is 0.844. The molecule has 0 amide bonds. The number of halogens is 2. The molecule has 104 valence electrons. The molecule has 0 atom stereocenters. The Labute approximate surface area is 127 Å². The second-order valence-corrected chi connectivity index (χ2v) is 6.38. The van der Waals surface area contributed by atoms with Crippen LogP contribution in [0, 0.1) is 5.82 Å². The van der Waals surface area contributed by atoms with Crippen LogP contribution in [0.15, 0.2) is 52.3 Å². The summed E-state index contributed by atoms with van der Waals surface area (Å²) in [4.78, 5) is 1.54. The Kier molecular flexibility index (Phi) is 4.29. The van der Waals surface area contributed by atoms with Crippen molar-refractivity contribution in [2.75, 3.05) is 0 Å². The van der Waals surface area contributed by atoms with E-state index in [0.717, 1.165) is 10.5 Å². The largest absolute Gasteiger partial charge is 0.310 e. The highest BCUT2D eigenvalue weighted by atomic mass is 35.5. The van der Waals surface area contributed by atoms with Gasteiger partial charge in [0.1, 0.15) is 5.82 Å². The first-order valence-electron chi connectivity index (χ1n) is 6.67. The summed E-state index contributed by atoms with van der Waals surface area (Å²) < 4.78 is 14.1. The van der Waals surface area contributed by atoms with Crippen LogP contribution in [0.1, 0.15) is 18.4 Å². The van der Waals surface area contributed by atoms with Crippen molar-refractivity contribution in [3.8, 4) is 0 Å². The van der Waals surface area contributed by atoms with Crippen LogP contribution in [0.4, 0.5) is 4.39 Å². The van der Waals surface area contributed by atoms with Crippen molar-refractivity contribution in [3.63, 3.8) is 0 Å². The van der Waals surface area contributed by atoms with E-state index < -0.39 is 0 Å². The maximum atomic E-state index is 14.1. The van der Waals surface area contributed by atoms with Crippen LogP contribution in [-0.4, -0.2) is 6.04 Å². The van der Waals surface area contributed by atoms with E-state index in [9.17, 15) is 4.39 Å². The van der Waals surface area contributed by atoms with Crippen molar-refractivity contribution in [2.45, 2.75) is 35.2 Å². The van der Waals surface area contributed by atoms with E-state index in [2.05, 4.69) is 5.32 Å². The number of benzene rings is 2. The molecule has 1 aliphatic carbocycles. The van der Waals surface area contributed by atoms with E-state index in [1.165, 1.54) is 30.7 Å². The first kappa shape index (κ1) is 13.9. The third-order valence-corrected chi connectivity index (χ3v) is 4.93. The van der Waals surface area contributed by atoms with Gasteiger partial charge in [0.15, 0.2) is 0 Å². The number of rotatable bonds is 5. The van der Waals surface area contributed by atoms with Gasteiger partial charge in [-0.3, -0.25) is 0 Å². The molecule has 1 nitrogen and oxygen atoms in total. The molecule has 2 aromatic carbocycles. The van der Waals surface area contributed by atoms with Crippen LogP contribution < -0.4 is 5.32 Å². The highest BCUT2D eigenvalue weighted by molar-refractivity contribution is 7.99. The van der Waals surface area contributed by atoms with Crippen LogP contribution >= 0.6 is 23.4 Å². The summed E-state index contributed by atoms with van der Waals surface area (Å²) in [5.74, 6) is -0.190. The van der Waals surface area contributed by atoms with Crippen molar-refractivity contribution in [1.82, 2.24) is 5.32 Å². The molecule has 0 aromatic heterocycles. The lowest BCUT2D eigenvalue weighted by atomic mass is 10.2. The fourth-order valence-electron chi connectivity index (χ4n) is 1.99. The minimum Gasteiger partial charge on any atom is -0.310 e. The molecule has 0 heterocycles. The van der Waals surface area contributed by atoms with Crippen molar-refractivity contribution < 1.29 is 4.39 Å². The van der Waals surface area contributed by atoms with Gasteiger partial charge in [-0.15, -0.1) is 0 Å². The molecule has 0 unspecified atom stereocenters. The summed E-state index contributed by atoms with van der Waals surface area (Å²) in [7, 11) is 0.